The number of ketones is 1. The molecule has 0 bridgehead atoms. The van der Waals surface area contributed by atoms with Crippen LogP contribution in [-0.4, -0.2) is 17.6 Å². The molecule has 5 nitrogen and oxygen atoms in total. The summed E-state index contributed by atoms with van der Waals surface area (Å²) in [7, 11) is 0. The second kappa shape index (κ2) is 8.27. The first-order chi connectivity index (χ1) is 12.6. The van der Waals surface area contributed by atoms with Gasteiger partial charge >= 0.3 is 0 Å². The number of halogens is 1. The highest BCUT2D eigenvalue weighted by atomic mass is 79.9. The number of carbonyl (C=O) groups excluding carboxylic acids is 3. The second-order valence-electron chi connectivity index (χ2n) is 6.31. The van der Waals surface area contributed by atoms with Crippen molar-refractivity contribution in [2.75, 3.05) is 0 Å². The molecular weight excluding hydrogens is 396 g/mol. The van der Waals surface area contributed by atoms with Crippen molar-refractivity contribution in [3.05, 3.63) is 69.7 Å². The number of benzene rings is 2. The van der Waals surface area contributed by atoms with Gasteiger partial charge in [0.1, 0.15) is 0 Å². The lowest BCUT2D eigenvalue weighted by atomic mass is 9.98. The minimum absolute atomic E-state index is 0.0464. The van der Waals surface area contributed by atoms with E-state index in [0.29, 0.717) is 11.1 Å². The van der Waals surface area contributed by atoms with E-state index in [1.807, 2.05) is 0 Å². The molecule has 0 spiro atoms. The molecule has 0 atom stereocenters. The van der Waals surface area contributed by atoms with E-state index in [4.69, 9.17) is 0 Å². The van der Waals surface area contributed by atoms with Gasteiger partial charge in [-0.05, 0) is 43.2 Å². The number of hydrazine groups is 1. The maximum Gasteiger partial charge on any atom is 0.270 e. The molecule has 1 aliphatic rings. The lowest BCUT2D eigenvalue weighted by Gasteiger charge is -2.13. The van der Waals surface area contributed by atoms with E-state index >= 15 is 0 Å². The summed E-state index contributed by atoms with van der Waals surface area (Å²) in [4.78, 5) is 37.3. The summed E-state index contributed by atoms with van der Waals surface area (Å²) >= 11 is 3.33. The first-order valence-electron chi connectivity index (χ1n) is 8.56. The largest absolute Gasteiger partial charge is 0.289 e. The van der Waals surface area contributed by atoms with Crippen molar-refractivity contribution >= 4 is 33.5 Å². The molecule has 2 aromatic carbocycles. The number of hydrogen-bond donors (Lipinski definition) is 2. The van der Waals surface area contributed by atoms with Gasteiger partial charge < -0.3 is 0 Å². The van der Waals surface area contributed by atoms with Crippen LogP contribution in [0.3, 0.4) is 0 Å². The second-order valence-corrected chi connectivity index (χ2v) is 7.22. The van der Waals surface area contributed by atoms with Crippen LogP contribution in [0.4, 0.5) is 0 Å². The predicted molar refractivity (Wildman–Crippen MR) is 102 cm³/mol. The molecular formula is C20H19BrN2O3. The molecule has 0 aromatic heterocycles. The normalized spacial score (nSPS) is 14.0. The maximum atomic E-state index is 12.7. The Morgan fingerprint density at radius 2 is 1.46 bits per heavy atom. The van der Waals surface area contributed by atoms with Gasteiger partial charge in [0.15, 0.2) is 5.78 Å². The molecule has 0 heterocycles. The third kappa shape index (κ3) is 4.19. The van der Waals surface area contributed by atoms with Gasteiger partial charge in [0, 0.05) is 21.5 Å². The van der Waals surface area contributed by atoms with Crippen LogP contribution in [0.2, 0.25) is 0 Å². The molecule has 26 heavy (non-hydrogen) atoms. The van der Waals surface area contributed by atoms with Gasteiger partial charge in [-0.2, -0.15) is 0 Å². The Labute approximate surface area is 160 Å². The van der Waals surface area contributed by atoms with Gasteiger partial charge in [0.25, 0.3) is 5.91 Å². The Morgan fingerprint density at radius 1 is 0.846 bits per heavy atom. The monoisotopic (exact) mass is 414 g/mol. The van der Waals surface area contributed by atoms with E-state index in [-0.39, 0.29) is 23.2 Å². The summed E-state index contributed by atoms with van der Waals surface area (Å²) in [5.74, 6) is -0.967. The zero-order chi connectivity index (χ0) is 18.5. The Bertz CT molecular complexity index is 827. The highest BCUT2D eigenvalue weighted by molar-refractivity contribution is 9.10. The molecule has 0 saturated heterocycles. The molecule has 6 heteroatoms. The van der Waals surface area contributed by atoms with Crippen LogP contribution in [0.25, 0.3) is 0 Å². The molecule has 1 fully saturated rings. The van der Waals surface area contributed by atoms with Crippen molar-refractivity contribution in [2.24, 2.45) is 5.92 Å². The van der Waals surface area contributed by atoms with Crippen molar-refractivity contribution in [3.8, 4) is 0 Å². The van der Waals surface area contributed by atoms with Crippen LogP contribution in [0.15, 0.2) is 53.0 Å². The number of nitrogens with one attached hydrogen (secondary N) is 2. The smallest absolute Gasteiger partial charge is 0.270 e. The van der Waals surface area contributed by atoms with E-state index in [1.165, 1.54) is 0 Å². The number of carbonyl (C=O) groups is 3. The summed E-state index contributed by atoms with van der Waals surface area (Å²) in [5, 5.41) is 0. The average molecular weight is 415 g/mol. The molecule has 2 N–H and O–H groups in total. The predicted octanol–water partition coefficient (Wildman–Crippen LogP) is 3.63. The molecule has 0 radical (unpaired) electrons. The fourth-order valence-electron chi connectivity index (χ4n) is 3.11. The summed E-state index contributed by atoms with van der Waals surface area (Å²) in [6.07, 6.45) is 3.77. The van der Waals surface area contributed by atoms with Crippen LogP contribution in [0.5, 0.6) is 0 Å². The molecule has 1 saturated carbocycles. The summed E-state index contributed by atoms with van der Waals surface area (Å²) in [5.41, 5.74) is 5.93. The van der Waals surface area contributed by atoms with Crippen molar-refractivity contribution in [1.29, 1.82) is 0 Å². The highest BCUT2D eigenvalue weighted by Gasteiger charge is 2.24. The zero-order valence-corrected chi connectivity index (χ0v) is 15.7. The number of hydrogen-bond acceptors (Lipinski definition) is 3. The van der Waals surface area contributed by atoms with Gasteiger partial charge in [-0.1, -0.05) is 47.0 Å². The van der Waals surface area contributed by atoms with E-state index in [1.54, 1.807) is 48.5 Å². The van der Waals surface area contributed by atoms with Gasteiger partial charge in [-0.25, -0.2) is 0 Å². The lowest BCUT2D eigenvalue weighted by Crippen LogP contribution is -2.44. The molecule has 2 amide bonds. The van der Waals surface area contributed by atoms with Gasteiger partial charge in [-0.15, -0.1) is 0 Å². The Hall–Kier alpha value is -2.47. The van der Waals surface area contributed by atoms with Crippen molar-refractivity contribution in [3.63, 3.8) is 0 Å². The van der Waals surface area contributed by atoms with Crippen molar-refractivity contribution in [2.45, 2.75) is 25.7 Å². The van der Waals surface area contributed by atoms with Crippen LogP contribution in [0, 0.1) is 5.92 Å². The number of amides is 2. The van der Waals surface area contributed by atoms with Crippen LogP contribution in [0.1, 0.15) is 52.0 Å². The highest BCUT2D eigenvalue weighted by Crippen LogP contribution is 2.24. The third-order valence-electron chi connectivity index (χ3n) is 4.55. The lowest BCUT2D eigenvalue weighted by molar-refractivity contribution is -0.125. The molecule has 2 aromatic rings. The van der Waals surface area contributed by atoms with E-state index < -0.39 is 5.91 Å². The zero-order valence-electron chi connectivity index (χ0n) is 14.1. The SMILES string of the molecule is O=C(NNC(=O)C1CCCC1)c1ccccc1C(=O)c1ccc(Br)cc1. The first-order valence-corrected chi connectivity index (χ1v) is 9.35. The Morgan fingerprint density at radius 3 is 2.12 bits per heavy atom. The standard InChI is InChI=1S/C20H19BrN2O3/c21-15-11-9-13(10-12-15)18(24)16-7-3-4-8-17(16)20(26)23-22-19(25)14-5-1-2-6-14/h3-4,7-12,14H,1-2,5-6H2,(H,22,25)(H,23,26). The summed E-state index contributed by atoms with van der Waals surface area (Å²) < 4.78 is 0.870. The third-order valence-corrected chi connectivity index (χ3v) is 5.08. The summed E-state index contributed by atoms with van der Waals surface area (Å²) in [6, 6.07) is 13.5. The molecule has 134 valence electrons. The van der Waals surface area contributed by atoms with Crippen molar-refractivity contribution in [1.82, 2.24) is 10.9 Å². The Kier molecular flexibility index (Phi) is 5.83. The van der Waals surface area contributed by atoms with Gasteiger partial charge in [-0.3, -0.25) is 25.2 Å². The van der Waals surface area contributed by atoms with Crippen LogP contribution in [-0.2, 0) is 4.79 Å². The summed E-state index contributed by atoms with van der Waals surface area (Å²) in [6.45, 7) is 0. The average Bonchev–Trinajstić information content (AvgIpc) is 3.21. The fraction of sp³-hybridized carbons (Fsp3) is 0.250. The van der Waals surface area contributed by atoms with Crippen LogP contribution >= 0.6 is 15.9 Å². The van der Waals surface area contributed by atoms with E-state index in [0.717, 1.165) is 30.2 Å². The van der Waals surface area contributed by atoms with Gasteiger partial charge in [0.2, 0.25) is 5.91 Å². The Balaban J connectivity index is 1.73. The van der Waals surface area contributed by atoms with Crippen LogP contribution < -0.4 is 10.9 Å². The fourth-order valence-corrected chi connectivity index (χ4v) is 3.38. The number of rotatable bonds is 4. The maximum absolute atomic E-state index is 12.7. The van der Waals surface area contributed by atoms with Crippen molar-refractivity contribution < 1.29 is 14.4 Å². The molecule has 0 unspecified atom stereocenters. The van der Waals surface area contributed by atoms with E-state index in [2.05, 4.69) is 26.8 Å². The van der Waals surface area contributed by atoms with E-state index in [9.17, 15) is 14.4 Å². The molecule has 1 aliphatic carbocycles. The van der Waals surface area contributed by atoms with Gasteiger partial charge in [0.05, 0.1) is 5.56 Å². The molecule has 3 rings (SSSR count). The topological polar surface area (TPSA) is 75.3 Å². The minimum atomic E-state index is -0.502. The minimum Gasteiger partial charge on any atom is -0.289 e. The molecule has 0 aliphatic heterocycles. The first kappa shape index (κ1) is 18.3. The quantitative estimate of drug-likeness (QED) is 0.592.